The van der Waals surface area contributed by atoms with E-state index >= 15 is 0 Å². The van der Waals surface area contributed by atoms with Crippen molar-refractivity contribution in [1.82, 2.24) is 4.90 Å². The average Bonchev–Trinajstić information content (AvgIpc) is 2.05. The summed E-state index contributed by atoms with van der Waals surface area (Å²) in [6, 6.07) is 9.09. The van der Waals surface area contributed by atoms with Crippen LogP contribution in [0.15, 0.2) is 24.3 Å². The summed E-state index contributed by atoms with van der Waals surface area (Å²) in [7, 11) is 4.31. The van der Waals surface area contributed by atoms with E-state index in [9.17, 15) is 0 Å². The summed E-state index contributed by atoms with van der Waals surface area (Å²) in [4.78, 5) is 2.31. The fourth-order valence-corrected chi connectivity index (χ4v) is 2.05. The van der Waals surface area contributed by atoms with E-state index in [1.165, 1.54) is 18.4 Å². The van der Waals surface area contributed by atoms with Crippen LogP contribution in [0.3, 0.4) is 0 Å². The Kier molecular flexibility index (Phi) is 2.46. The molecule has 1 aliphatic rings. The minimum Gasteiger partial charge on any atom is -0.399 e. The molecule has 1 aliphatic carbocycles. The maximum Gasteiger partial charge on any atom is 0.0314 e. The van der Waals surface area contributed by atoms with Crippen molar-refractivity contribution in [1.29, 1.82) is 0 Å². The molecule has 2 N–H and O–H groups in total. The van der Waals surface area contributed by atoms with Crippen molar-refractivity contribution in [3.8, 4) is 0 Å². The Bertz CT molecular complexity index is 297. The molecule has 0 spiro atoms. The number of nitrogens with zero attached hydrogens (tertiary/aromatic N) is 1. The predicted molar refractivity (Wildman–Crippen MR) is 60.3 cm³/mol. The monoisotopic (exact) mass is 190 g/mol. The summed E-state index contributed by atoms with van der Waals surface area (Å²) < 4.78 is 0. The van der Waals surface area contributed by atoms with E-state index in [0.717, 1.165) is 17.6 Å². The molecule has 1 aromatic carbocycles. The molecule has 14 heavy (non-hydrogen) atoms. The van der Waals surface area contributed by atoms with E-state index in [-0.39, 0.29) is 0 Å². The molecule has 76 valence electrons. The molecule has 0 amide bonds. The quantitative estimate of drug-likeness (QED) is 0.723. The van der Waals surface area contributed by atoms with Crippen LogP contribution in [0, 0.1) is 0 Å². The third kappa shape index (κ3) is 1.75. The molecule has 2 rings (SSSR count). The van der Waals surface area contributed by atoms with Gasteiger partial charge in [-0.3, -0.25) is 0 Å². The van der Waals surface area contributed by atoms with Crippen LogP contribution in [0.4, 0.5) is 5.69 Å². The van der Waals surface area contributed by atoms with Crippen LogP contribution >= 0.6 is 0 Å². The summed E-state index contributed by atoms with van der Waals surface area (Å²) in [6.07, 6.45) is 2.58. The number of hydrogen-bond donors (Lipinski definition) is 1. The third-order valence-electron chi connectivity index (χ3n) is 3.25. The Morgan fingerprint density at radius 1 is 1.14 bits per heavy atom. The normalized spacial score (nSPS) is 26.2. The molecule has 0 unspecified atom stereocenters. The fraction of sp³-hybridized carbons (Fsp3) is 0.500. The molecule has 0 bridgehead atoms. The minimum atomic E-state index is 0.753. The zero-order valence-corrected chi connectivity index (χ0v) is 8.90. The highest BCUT2D eigenvalue weighted by Gasteiger charge is 2.31. The van der Waals surface area contributed by atoms with Crippen LogP contribution in [-0.2, 0) is 0 Å². The van der Waals surface area contributed by atoms with Gasteiger partial charge in [-0.15, -0.1) is 0 Å². The first kappa shape index (κ1) is 9.53. The van der Waals surface area contributed by atoms with Crippen LogP contribution in [0.25, 0.3) is 0 Å². The first-order valence-corrected chi connectivity index (χ1v) is 5.18. The number of benzene rings is 1. The second-order valence-electron chi connectivity index (χ2n) is 4.45. The Labute approximate surface area is 85.7 Å². The van der Waals surface area contributed by atoms with E-state index in [2.05, 4.69) is 31.1 Å². The van der Waals surface area contributed by atoms with Gasteiger partial charge in [0.1, 0.15) is 0 Å². The van der Waals surface area contributed by atoms with Gasteiger partial charge >= 0.3 is 0 Å². The van der Waals surface area contributed by atoms with Gasteiger partial charge in [-0.05, 0) is 50.6 Å². The van der Waals surface area contributed by atoms with Gasteiger partial charge in [0.25, 0.3) is 0 Å². The van der Waals surface area contributed by atoms with Crippen molar-refractivity contribution in [3.05, 3.63) is 29.8 Å². The molecule has 0 heterocycles. The molecular formula is C12H18N2. The van der Waals surface area contributed by atoms with Crippen molar-refractivity contribution in [2.75, 3.05) is 19.8 Å². The molecule has 1 aromatic rings. The van der Waals surface area contributed by atoms with E-state index in [1.807, 2.05) is 12.1 Å². The zero-order valence-electron chi connectivity index (χ0n) is 8.90. The summed E-state index contributed by atoms with van der Waals surface area (Å²) in [5, 5.41) is 0. The highest BCUT2D eigenvalue weighted by Crippen LogP contribution is 2.38. The summed E-state index contributed by atoms with van der Waals surface area (Å²) in [6.45, 7) is 0. The molecule has 2 nitrogen and oxygen atoms in total. The third-order valence-corrected chi connectivity index (χ3v) is 3.25. The first-order chi connectivity index (χ1) is 6.66. The predicted octanol–water partition coefficient (Wildman–Crippen LogP) is 2.08. The van der Waals surface area contributed by atoms with Gasteiger partial charge in [0, 0.05) is 11.7 Å². The Balaban J connectivity index is 1.96. The van der Waals surface area contributed by atoms with Gasteiger partial charge in [-0.25, -0.2) is 0 Å². The van der Waals surface area contributed by atoms with Crippen LogP contribution in [0.5, 0.6) is 0 Å². The highest BCUT2D eigenvalue weighted by molar-refractivity contribution is 5.40. The van der Waals surface area contributed by atoms with E-state index in [1.54, 1.807) is 0 Å². The molecule has 0 atom stereocenters. The minimum absolute atomic E-state index is 0.753. The van der Waals surface area contributed by atoms with Crippen LogP contribution < -0.4 is 5.73 Å². The largest absolute Gasteiger partial charge is 0.399 e. The second-order valence-corrected chi connectivity index (χ2v) is 4.45. The summed E-state index contributed by atoms with van der Waals surface area (Å²) in [5.74, 6) is 0.753. The standard InChI is InChI=1S/C12H18N2/c1-14(2)12-7-10(8-12)9-3-5-11(13)6-4-9/h3-6,10,12H,7-8,13H2,1-2H3. The van der Waals surface area contributed by atoms with Crippen molar-refractivity contribution in [2.24, 2.45) is 0 Å². The lowest BCUT2D eigenvalue weighted by Gasteiger charge is -2.40. The van der Waals surface area contributed by atoms with Gasteiger partial charge in [-0.2, -0.15) is 0 Å². The van der Waals surface area contributed by atoms with Crippen molar-refractivity contribution >= 4 is 5.69 Å². The molecule has 0 aliphatic heterocycles. The maximum absolute atomic E-state index is 5.65. The Hall–Kier alpha value is -1.02. The van der Waals surface area contributed by atoms with Crippen molar-refractivity contribution in [2.45, 2.75) is 24.8 Å². The second kappa shape index (κ2) is 3.62. The lowest BCUT2D eigenvalue weighted by atomic mass is 9.75. The topological polar surface area (TPSA) is 29.3 Å². The van der Waals surface area contributed by atoms with E-state index in [0.29, 0.717) is 0 Å². The van der Waals surface area contributed by atoms with Gasteiger partial charge in [0.05, 0.1) is 0 Å². The SMILES string of the molecule is CN(C)C1CC(c2ccc(N)cc2)C1. The molecule has 1 fully saturated rings. The van der Waals surface area contributed by atoms with Crippen LogP contribution in [-0.4, -0.2) is 25.0 Å². The number of rotatable bonds is 2. The number of nitrogen functional groups attached to an aromatic ring is 1. The zero-order chi connectivity index (χ0) is 10.1. The number of anilines is 1. The summed E-state index contributed by atoms with van der Waals surface area (Å²) >= 11 is 0. The smallest absolute Gasteiger partial charge is 0.0314 e. The van der Waals surface area contributed by atoms with Crippen molar-refractivity contribution in [3.63, 3.8) is 0 Å². The van der Waals surface area contributed by atoms with E-state index < -0.39 is 0 Å². The van der Waals surface area contributed by atoms with Crippen molar-refractivity contribution < 1.29 is 0 Å². The lowest BCUT2D eigenvalue weighted by molar-refractivity contribution is 0.166. The summed E-state index contributed by atoms with van der Waals surface area (Å²) in [5.41, 5.74) is 7.95. The lowest BCUT2D eigenvalue weighted by Crippen LogP contribution is -2.39. The molecule has 2 heteroatoms. The molecule has 1 saturated carbocycles. The van der Waals surface area contributed by atoms with Gasteiger partial charge in [-0.1, -0.05) is 12.1 Å². The average molecular weight is 190 g/mol. The maximum atomic E-state index is 5.65. The molecule has 0 aromatic heterocycles. The van der Waals surface area contributed by atoms with E-state index in [4.69, 9.17) is 5.73 Å². The van der Waals surface area contributed by atoms with Crippen LogP contribution in [0.1, 0.15) is 24.3 Å². The molecule has 0 saturated heterocycles. The van der Waals surface area contributed by atoms with Gasteiger partial charge < -0.3 is 10.6 Å². The fourth-order valence-electron chi connectivity index (χ4n) is 2.05. The highest BCUT2D eigenvalue weighted by atomic mass is 15.1. The Morgan fingerprint density at radius 3 is 2.21 bits per heavy atom. The first-order valence-electron chi connectivity index (χ1n) is 5.18. The van der Waals surface area contributed by atoms with Crippen LogP contribution in [0.2, 0.25) is 0 Å². The molecule has 0 radical (unpaired) electrons. The van der Waals surface area contributed by atoms with Gasteiger partial charge in [0.2, 0.25) is 0 Å². The number of hydrogen-bond acceptors (Lipinski definition) is 2. The van der Waals surface area contributed by atoms with Gasteiger partial charge in [0.15, 0.2) is 0 Å². The Morgan fingerprint density at radius 2 is 1.71 bits per heavy atom. The molecular weight excluding hydrogens is 172 g/mol. The number of nitrogens with two attached hydrogens (primary N) is 1.